The maximum absolute atomic E-state index is 10.5. The molecule has 0 saturated heterocycles. The molecule has 0 atom stereocenters. The molecule has 16 heavy (non-hydrogen) atoms. The molecule has 8 heteroatoms. The van der Waals surface area contributed by atoms with Crippen molar-refractivity contribution >= 4 is 17.9 Å². The van der Waals surface area contributed by atoms with Crippen LogP contribution in [0.25, 0.3) is 0 Å². The van der Waals surface area contributed by atoms with E-state index in [1.807, 2.05) is 0 Å². The van der Waals surface area contributed by atoms with E-state index < -0.39 is 34.9 Å². The van der Waals surface area contributed by atoms with Crippen molar-refractivity contribution in [2.75, 3.05) is 0 Å². The van der Waals surface area contributed by atoms with Crippen LogP contribution in [0.3, 0.4) is 0 Å². The number of aromatic carboxylic acids is 3. The molecule has 1 radical (unpaired) electrons. The van der Waals surface area contributed by atoms with E-state index in [9.17, 15) is 14.4 Å². The van der Waals surface area contributed by atoms with Crippen LogP contribution in [0.15, 0.2) is 12.1 Å². The second kappa shape index (κ2) is 5.24. The van der Waals surface area contributed by atoms with Gasteiger partial charge in [0.2, 0.25) is 0 Å². The maximum Gasteiger partial charge on any atom is 0.354 e. The number of aromatic nitrogens is 1. The van der Waals surface area contributed by atoms with Crippen LogP contribution in [-0.4, -0.2) is 38.2 Å². The van der Waals surface area contributed by atoms with Crippen molar-refractivity contribution in [3.63, 3.8) is 0 Å². The Bertz CT molecular complexity index is 379. The van der Waals surface area contributed by atoms with Crippen LogP contribution in [0.5, 0.6) is 0 Å². The minimum Gasteiger partial charge on any atom is -0.478 e. The van der Waals surface area contributed by atoms with E-state index in [2.05, 4.69) is 4.98 Å². The molecule has 0 spiro atoms. The molecule has 3 N–H and O–H groups in total. The topological polar surface area (TPSA) is 125 Å². The summed E-state index contributed by atoms with van der Waals surface area (Å²) in [5, 5.41) is 25.7. The number of carbonyl (C=O) groups is 3. The maximum atomic E-state index is 10.5. The van der Waals surface area contributed by atoms with E-state index in [1.54, 1.807) is 0 Å². The van der Waals surface area contributed by atoms with Crippen molar-refractivity contribution in [1.29, 1.82) is 0 Å². The Kier molecular flexibility index (Phi) is 4.61. The second-order valence-electron chi connectivity index (χ2n) is 2.54. The molecule has 1 heterocycles. The average Bonchev–Trinajstić information content (AvgIpc) is 2.16. The predicted molar refractivity (Wildman–Crippen MR) is 45.1 cm³/mol. The van der Waals surface area contributed by atoms with Gasteiger partial charge in [-0.2, -0.15) is 0 Å². The fourth-order valence-electron chi connectivity index (χ4n) is 0.873. The van der Waals surface area contributed by atoms with Gasteiger partial charge in [0.15, 0.2) is 0 Å². The molecule has 0 saturated carbocycles. The van der Waals surface area contributed by atoms with Crippen molar-refractivity contribution in [2.24, 2.45) is 0 Å². The minimum atomic E-state index is -1.49. The van der Waals surface area contributed by atoms with Crippen LogP contribution in [0.1, 0.15) is 31.3 Å². The molecule has 0 amide bonds. The molecule has 0 aliphatic rings. The molecule has 1 aromatic rings. The van der Waals surface area contributed by atoms with Gasteiger partial charge in [0.1, 0.15) is 11.4 Å². The summed E-state index contributed by atoms with van der Waals surface area (Å²) < 4.78 is 0. The molecule has 1 rings (SSSR count). The fourth-order valence-corrected chi connectivity index (χ4v) is 0.873. The summed E-state index contributed by atoms with van der Waals surface area (Å²) in [4.78, 5) is 34.8. The molecule has 0 unspecified atom stereocenters. The van der Waals surface area contributed by atoms with Gasteiger partial charge >= 0.3 is 17.9 Å². The van der Waals surface area contributed by atoms with Gasteiger partial charge in [-0.3, -0.25) is 0 Å². The van der Waals surface area contributed by atoms with Gasteiger partial charge in [-0.05, 0) is 12.1 Å². The van der Waals surface area contributed by atoms with Gasteiger partial charge in [0.25, 0.3) is 0 Å². The van der Waals surface area contributed by atoms with Gasteiger partial charge in [0, 0.05) is 17.1 Å². The standard InChI is InChI=1S/C8H5NO6.Mn/c10-6(11)3-1-4(7(12)13)9-5(2-3)8(14)15;/h1-2H,(H,10,11)(H,12,13)(H,14,15);. The predicted octanol–water partition coefficient (Wildman–Crippen LogP) is 0.174. The summed E-state index contributed by atoms with van der Waals surface area (Å²) in [5.74, 6) is -4.39. The molecule has 0 aliphatic carbocycles. The number of rotatable bonds is 3. The molecule has 0 fully saturated rings. The molecule has 0 aromatic carbocycles. The van der Waals surface area contributed by atoms with E-state index in [0.29, 0.717) is 0 Å². The normalized spacial score (nSPS) is 9.00. The summed E-state index contributed by atoms with van der Waals surface area (Å²) in [7, 11) is 0. The zero-order valence-corrected chi connectivity index (χ0v) is 8.73. The van der Waals surface area contributed by atoms with Gasteiger partial charge in [-0.15, -0.1) is 0 Å². The Morgan fingerprint density at radius 3 is 1.50 bits per heavy atom. The molecule has 85 valence electrons. The minimum absolute atomic E-state index is 0. The van der Waals surface area contributed by atoms with Crippen molar-refractivity contribution in [3.8, 4) is 0 Å². The average molecular weight is 266 g/mol. The molecule has 1 aromatic heterocycles. The number of hydrogen-bond donors (Lipinski definition) is 3. The van der Waals surface area contributed by atoms with E-state index in [4.69, 9.17) is 15.3 Å². The Morgan fingerprint density at radius 2 is 1.25 bits per heavy atom. The second-order valence-corrected chi connectivity index (χ2v) is 2.54. The molecular weight excluding hydrogens is 261 g/mol. The quantitative estimate of drug-likeness (QED) is 0.666. The van der Waals surface area contributed by atoms with Gasteiger partial charge < -0.3 is 15.3 Å². The number of nitrogens with zero attached hydrogens (tertiary/aromatic N) is 1. The zero-order valence-electron chi connectivity index (χ0n) is 7.55. The van der Waals surface area contributed by atoms with Crippen molar-refractivity contribution in [1.82, 2.24) is 4.98 Å². The Morgan fingerprint density at radius 1 is 0.875 bits per heavy atom. The van der Waals surface area contributed by atoms with Crippen molar-refractivity contribution in [2.45, 2.75) is 0 Å². The molecular formula is C8H5MnNO6. The smallest absolute Gasteiger partial charge is 0.354 e. The number of carboxylic acid groups (broad SMARTS) is 3. The van der Waals surface area contributed by atoms with Crippen molar-refractivity contribution in [3.05, 3.63) is 29.1 Å². The van der Waals surface area contributed by atoms with E-state index in [1.165, 1.54) is 0 Å². The van der Waals surface area contributed by atoms with E-state index in [-0.39, 0.29) is 17.1 Å². The summed E-state index contributed by atoms with van der Waals surface area (Å²) in [6.07, 6.45) is 0. The fraction of sp³-hybridized carbons (Fsp3) is 0. The number of carboxylic acids is 3. The largest absolute Gasteiger partial charge is 0.478 e. The molecule has 0 bridgehead atoms. The Balaban J connectivity index is 0.00000225. The Hall–Kier alpha value is -1.92. The monoisotopic (exact) mass is 266 g/mol. The third-order valence-electron chi connectivity index (χ3n) is 1.51. The molecule has 0 aliphatic heterocycles. The first-order valence-electron chi connectivity index (χ1n) is 3.64. The Labute approximate surface area is 99.2 Å². The first-order valence-corrected chi connectivity index (χ1v) is 3.64. The summed E-state index contributed by atoms with van der Waals surface area (Å²) in [6, 6.07) is 1.58. The first kappa shape index (κ1) is 14.1. The van der Waals surface area contributed by atoms with Gasteiger partial charge in [-0.1, -0.05) is 0 Å². The van der Waals surface area contributed by atoms with Crippen LogP contribution in [0, 0.1) is 0 Å². The van der Waals surface area contributed by atoms with Gasteiger partial charge in [-0.25, -0.2) is 19.4 Å². The number of pyridine rings is 1. The summed E-state index contributed by atoms with van der Waals surface area (Å²) >= 11 is 0. The van der Waals surface area contributed by atoms with Crippen LogP contribution >= 0.6 is 0 Å². The third-order valence-corrected chi connectivity index (χ3v) is 1.51. The zero-order chi connectivity index (χ0) is 11.6. The van der Waals surface area contributed by atoms with E-state index in [0.717, 1.165) is 12.1 Å². The summed E-state index contributed by atoms with van der Waals surface area (Å²) in [5.41, 5.74) is -1.67. The van der Waals surface area contributed by atoms with Crippen molar-refractivity contribution < 1.29 is 46.8 Å². The van der Waals surface area contributed by atoms with Crippen LogP contribution in [0.2, 0.25) is 0 Å². The van der Waals surface area contributed by atoms with E-state index >= 15 is 0 Å². The van der Waals surface area contributed by atoms with Crippen LogP contribution in [-0.2, 0) is 17.1 Å². The summed E-state index contributed by atoms with van der Waals surface area (Å²) in [6.45, 7) is 0. The molecule has 7 nitrogen and oxygen atoms in total. The third kappa shape index (κ3) is 3.04. The SMILES string of the molecule is O=C(O)c1cc(C(=O)O)nc(C(=O)O)c1.[Mn]. The first-order chi connectivity index (χ1) is 6.91. The number of hydrogen-bond acceptors (Lipinski definition) is 4. The van der Waals surface area contributed by atoms with Gasteiger partial charge in [0.05, 0.1) is 5.56 Å². The van der Waals surface area contributed by atoms with Crippen LogP contribution < -0.4 is 0 Å². The van der Waals surface area contributed by atoms with Crippen LogP contribution in [0.4, 0.5) is 0 Å².